The molecule has 36 heavy (non-hydrogen) atoms. The summed E-state index contributed by atoms with van der Waals surface area (Å²) in [6, 6.07) is 10.1. The number of alkyl halides is 3. The summed E-state index contributed by atoms with van der Waals surface area (Å²) in [6.07, 6.45) is -3.92. The van der Waals surface area contributed by atoms with Crippen molar-refractivity contribution in [2.24, 2.45) is 11.0 Å². The number of carboxylic acids is 1. The van der Waals surface area contributed by atoms with E-state index in [1.807, 2.05) is 4.90 Å². The molecule has 1 N–H and O–H groups in total. The van der Waals surface area contributed by atoms with Crippen molar-refractivity contribution in [2.45, 2.75) is 44.5 Å². The maximum absolute atomic E-state index is 14.3. The fourth-order valence-corrected chi connectivity index (χ4v) is 4.63. The largest absolute Gasteiger partial charge is 0.497 e. The molecule has 2 atom stereocenters. The Morgan fingerprint density at radius 1 is 1.11 bits per heavy atom. The van der Waals surface area contributed by atoms with Crippen LogP contribution in [0, 0.1) is 11.7 Å². The van der Waals surface area contributed by atoms with Crippen LogP contribution in [0.5, 0.6) is 11.5 Å². The minimum Gasteiger partial charge on any atom is -0.497 e. The zero-order valence-electron chi connectivity index (χ0n) is 19.8. The number of carbonyl (C=O) groups is 1. The molecule has 0 bridgehead atoms. The van der Waals surface area contributed by atoms with E-state index in [0.29, 0.717) is 48.8 Å². The predicted octanol–water partition coefficient (Wildman–Crippen LogP) is 5.10. The number of rotatable bonds is 7. The number of piperidine rings is 1. The second-order valence-corrected chi connectivity index (χ2v) is 8.90. The lowest BCUT2D eigenvalue weighted by molar-refractivity contribution is -0.137. The molecule has 7 nitrogen and oxygen atoms in total. The van der Waals surface area contributed by atoms with Gasteiger partial charge in [-0.15, -0.1) is 0 Å². The fourth-order valence-electron chi connectivity index (χ4n) is 4.63. The van der Waals surface area contributed by atoms with Crippen molar-refractivity contribution < 1.29 is 36.9 Å². The van der Waals surface area contributed by atoms with Gasteiger partial charge in [0.15, 0.2) is 0 Å². The maximum Gasteiger partial charge on any atom is 0.431 e. The van der Waals surface area contributed by atoms with Crippen LogP contribution in [-0.2, 0) is 4.79 Å². The smallest absolute Gasteiger partial charge is 0.431 e. The van der Waals surface area contributed by atoms with Crippen LogP contribution in [0.25, 0.3) is 0 Å². The minimum atomic E-state index is -4.64. The number of hydrazone groups is 1. The summed E-state index contributed by atoms with van der Waals surface area (Å²) in [5.41, 5.74) is -0.164. The van der Waals surface area contributed by atoms with Gasteiger partial charge in [0, 0.05) is 37.9 Å². The summed E-state index contributed by atoms with van der Waals surface area (Å²) in [6.45, 7) is 2.51. The van der Waals surface area contributed by atoms with E-state index in [2.05, 4.69) is 5.10 Å². The molecule has 2 aliphatic heterocycles. The molecule has 0 radical (unpaired) electrons. The van der Waals surface area contributed by atoms with Gasteiger partial charge in [0.2, 0.25) is 0 Å². The third-order valence-corrected chi connectivity index (χ3v) is 6.55. The number of hydrogen-bond donors (Lipinski definition) is 1. The maximum atomic E-state index is 14.3. The van der Waals surface area contributed by atoms with Crippen LogP contribution in [0.3, 0.4) is 0 Å². The van der Waals surface area contributed by atoms with Crippen molar-refractivity contribution in [1.29, 1.82) is 0 Å². The molecular weight excluding hydrogens is 482 g/mol. The number of benzene rings is 2. The Labute approximate surface area is 205 Å². The first kappa shape index (κ1) is 25.6. The van der Waals surface area contributed by atoms with Gasteiger partial charge >= 0.3 is 12.1 Å². The molecule has 2 aliphatic rings. The van der Waals surface area contributed by atoms with Crippen LogP contribution in [0.4, 0.5) is 28.9 Å². The van der Waals surface area contributed by atoms with Crippen LogP contribution < -0.4 is 19.4 Å². The summed E-state index contributed by atoms with van der Waals surface area (Å²) >= 11 is 0. The molecule has 2 aromatic carbocycles. The van der Waals surface area contributed by atoms with Gasteiger partial charge in [-0.25, -0.2) is 4.39 Å². The SMILES string of the molecule is COc1ccc(F)c(N2CCC(Oc3ccc(N4N=C(C(F)(F)F)C(C)C4CC(=O)O)cc3)CC2)c1. The van der Waals surface area contributed by atoms with E-state index in [1.54, 1.807) is 36.4 Å². The van der Waals surface area contributed by atoms with E-state index in [0.717, 1.165) is 5.01 Å². The normalized spacial score (nSPS) is 20.9. The average Bonchev–Trinajstić information content (AvgIpc) is 3.16. The van der Waals surface area contributed by atoms with Gasteiger partial charge in [-0.3, -0.25) is 9.80 Å². The van der Waals surface area contributed by atoms with Crippen LogP contribution in [-0.4, -0.2) is 55.3 Å². The molecule has 194 valence electrons. The number of nitrogens with zero attached hydrogens (tertiary/aromatic N) is 3. The first-order valence-corrected chi connectivity index (χ1v) is 11.6. The molecule has 2 unspecified atom stereocenters. The average molecular weight is 510 g/mol. The number of ether oxygens (including phenoxy) is 2. The highest BCUT2D eigenvalue weighted by Gasteiger charge is 2.48. The number of carboxylic acid groups (broad SMARTS) is 1. The topological polar surface area (TPSA) is 74.6 Å². The Kier molecular flexibility index (Phi) is 7.28. The van der Waals surface area contributed by atoms with E-state index in [-0.39, 0.29) is 11.9 Å². The molecule has 0 spiro atoms. The Morgan fingerprint density at radius 2 is 1.75 bits per heavy atom. The summed E-state index contributed by atoms with van der Waals surface area (Å²) in [5.74, 6) is -1.49. The van der Waals surface area contributed by atoms with Crippen LogP contribution in [0.2, 0.25) is 0 Å². The van der Waals surface area contributed by atoms with Gasteiger partial charge in [0.25, 0.3) is 0 Å². The minimum absolute atomic E-state index is 0.109. The molecule has 0 aliphatic carbocycles. The summed E-state index contributed by atoms with van der Waals surface area (Å²) in [4.78, 5) is 13.2. The van der Waals surface area contributed by atoms with E-state index >= 15 is 0 Å². The third kappa shape index (κ3) is 5.50. The van der Waals surface area contributed by atoms with Gasteiger partial charge in [-0.1, -0.05) is 6.92 Å². The molecule has 1 saturated heterocycles. The lowest BCUT2D eigenvalue weighted by atomic mass is 9.94. The Balaban J connectivity index is 1.41. The second-order valence-electron chi connectivity index (χ2n) is 8.90. The Hall–Kier alpha value is -3.50. The summed E-state index contributed by atoms with van der Waals surface area (Å²) in [7, 11) is 1.53. The van der Waals surface area contributed by atoms with Gasteiger partial charge in [-0.2, -0.15) is 18.3 Å². The van der Waals surface area contributed by atoms with Crippen LogP contribution in [0.1, 0.15) is 26.2 Å². The van der Waals surface area contributed by atoms with Crippen molar-refractivity contribution in [1.82, 2.24) is 0 Å². The number of hydrogen-bond acceptors (Lipinski definition) is 6. The highest BCUT2D eigenvalue weighted by Crippen LogP contribution is 2.37. The highest BCUT2D eigenvalue weighted by atomic mass is 19.4. The zero-order valence-corrected chi connectivity index (χ0v) is 19.8. The molecule has 0 amide bonds. The Bertz CT molecular complexity index is 1120. The standard InChI is InChI=1S/C25H27F4N3O4/c1-15-21(14-23(33)34)32(30-24(15)25(27,28)29)16-3-5-17(6-4-16)36-18-9-11-31(12-10-18)22-13-19(35-2)7-8-20(22)26/h3-8,13,15,18,21H,9-12,14H2,1-2H3,(H,33,34). The van der Waals surface area contributed by atoms with E-state index in [4.69, 9.17) is 9.47 Å². The number of methoxy groups -OCH3 is 1. The summed E-state index contributed by atoms with van der Waals surface area (Å²) in [5, 5.41) is 14.0. The Morgan fingerprint density at radius 3 is 2.33 bits per heavy atom. The number of halogens is 4. The van der Waals surface area contributed by atoms with E-state index in [1.165, 1.54) is 20.1 Å². The van der Waals surface area contributed by atoms with Gasteiger partial charge in [-0.05, 0) is 36.4 Å². The predicted molar refractivity (Wildman–Crippen MR) is 126 cm³/mol. The molecule has 11 heteroatoms. The van der Waals surface area contributed by atoms with E-state index < -0.39 is 36.2 Å². The lowest BCUT2D eigenvalue weighted by Crippen LogP contribution is -2.38. The second kappa shape index (κ2) is 10.2. The van der Waals surface area contributed by atoms with Crippen LogP contribution >= 0.6 is 0 Å². The third-order valence-electron chi connectivity index (χ3n) is 6.55. The van der Waals surface area contributed by atoms with Crippen molar-refractivity contribution in [3.63, 3.8) is 0 Å². The van der Waals surface area contributed by atoms with Gasteiger partial charge in [0.1, 0.15) is 29.1 Å². The van der Waals surface area contributed by atoms with Crippen LogP contribution in [0.15, 0.2) is 47.6 Å². The molecular formula is C25H27F4N3O4. The molecule has 1 fully saturated rings. The molecule has 2 heterocycles. The fraction of sp³-hybridized carbons (Fsp3) is 0.440. The van der Waals surface area contributed by atoms with Crippen molar-refractivity contribution >= 4 is 23.1 Å². The van der Waals surface area contributed by atoms with Crippen molar-refractivity contribution in [3.8, 4) is 11.5 Å². The van der Waals surface area contributed by atoms with Crippen molar-refractivity contribution in [3.05, 3.63) is 48.3 Å². The van der Waals surface area contributed by atoms with E-state index in [9.17, 15) is 27.5 Å². The van der Waals surface area contributed by atoms with Crippen molar-refractivity contribution in [2.75, 3.05) is 30.1 Å². The monoisotopic (exact) mass is 509 g/mol. The molecule has 0 saturated carbocycles. The first-order chi connectivity index (χ1) is 17.1. The quantitative estimate of drug-likeness (QED) is 0.524. The molecule has 4 rings (SSSR count). The summed E-state index contributed by atoms with van der Waals surface area (Å²) < 4.78 is 65.6. The van der Waals surface area contributed by atoms with Gasteiger partial charge in [0.05, 0.1) is 30.9 Å². The number of aliphatic carboxylic acids is 1. The first-order valence-electron chi connectivity index (χ1n) is 11.6. The highest BCUT2D eigenvalue weighted by molar-refractivity contribution is 5.95. The lowest BCUT2D eigenvalue weighted by Gasteiger charge is -2.34. The molecule has 2 aromatic rings. The number of anilines is 2. The van der Waals surface area contributed by atoms with Gasteiger partial charge < -0.3 is 19.5 Å². The molecule has 0 aromatic heterocycles. The zero-order chi connectivity index (χ0) is 26.0.